The zero-order valence-electron chi connectivity index (χ0n) is 17.9. The summed E-state index contributed by atoms with van der Waals surface area (Å²) in [5, 5.41) is 12.3. The van der Waals surface area contributed by atoms with Gasteiger partial charge in [-0.15, -0.1) is 5.10 Å². The smallest absolute Gasteiger partial charge is 0.433 e. The lowest BCUT2D eigenvalue weighted by Gasteiger charge is -2.10. The summed E-state index contributed by atoms with van der Waals surface area (Å²) in [6.07, 6.45) is -2.74. The molecule has 5 rings (SSSR count). The Labute approximate surface area is 192 Å². The van der Waals surface area contributed by atoms with E-state index in [0.717, 1.165) is 27.7 Å². The molecule has 0 saturated carbocycles. The number of aryl methyl sites for hydroxylation is 1. The van der Waals surface area contributed by atoms with Crippen LogP contribution in [0.2, 0.25) is 0 Å². The van der Waals surface area contributed by atoms with Crippen LogP contribution in [0.25, 0.3) is 22.6 Å². The van der Waals surface area contributed by atoms with Gasteiger partial charge in [0.15, 0.2) is 0 Å². The minimum absolute atomic E-state index is 0.291. The van der Waals surface area contributed by atoms with Gasteiger partial charge < -0.3 is 4.74 Å². The van der Waals surface area contributed by atoms with Crippen molar-refractivity contribution >= 4 is 0 Å². The molecule has 0 aliphatic rings. The zero-order chi connectivity index (χ0) is 23.7. The van der Waals surface area contributed by atoms with E-state index in [9.17, 15) is 13.2 Å². The molecule has 0 saturated heterocycles. The summed E-state index contributed by atoms with van der Waals surface area (Å²) in [6, 6.07) is 24.4. The molecular weight excluding hydrogens is 443 g/mol. The van der Waals surface area contributed by atoms with Crippen LogP contribution in [0, 0.1) is 6.92 Å². The molecular formula is C25H18F3N5O. The molecule has 2 aromatic heterocycles. The highest BCUT2D eigenvalue weighted by atomic mass is 19.4. The van der Waals surface area contributed by atoms with Gasteiger partial charge in [0.25, 0.3) is 0 Å². The minimum Gasteiger partial charge on any atom is -0.457 e. The van der Waals surface area contributed by atoms with Crippen molar-refractivity contribution in [3.05, 3.63) is 103 Å². The number of halogens is 3. The number of para-hydroxylation sites is 1. The molecule has 3 aromatic carbocycles. The largest absolute Gasteiger partial charge is 0.457 e. The average Bonchev–Trinajstić information content (AvgIpc) is 3.48. The van der Waals surface area contributed by atoms with Crippen LogP contribution in [0.3, 0.4) is 0 Å². The van der Waals surface area contributed by atoms with Crippen LogP contribution in [0.4, 0.5) is 13.2 Å². The minimum atomic E-state index is -4.50. The van der Waals surface area contributed by atoms with E-state index in [1.807, 2.05) is 54.6 Å². The predicted molar refractivity (Wildman–Crippen MR) is 120 cm³/mol. The van der Waals surface area contributed by atoms with Gasteiger partial charge in [0.1, 0.15) is 22.9 Å². The first-order chi connectivity index (χ1) is 16.4. The van der Waals surface area contributed by atoms with Crippen LogP contribution in [0.1, 0.15) is 11.4 Å². The molecule has 0 fully saturated rings. The number of rotatable bonds is 5. The molecule has 0 N–H and O–H groups in total. The fraction of sp³-hybridized carbons (Fsp3) is 0.0800. The van der Waals surface area contributed by atoms with E-state index in [0.29, 0.717) is 22.8 Å². The third-order valence-corrected chi connectivity index (χ3v) is 5.10. The Hall–Kier alpha value is -4.40. The summed E-state index contributed by atoms with van der Waals surface area (Å²) in [4.78, 5) is 0. The van der Waals surface area contributed by atoms with E-state index in [4.69, 9.17) is 4.74 Å². The molecule has 0 spiro atoms. The van der Waals surface area contributed by atoms with Crippen LogP contribution in [-0.4, -0.2) is 24.8 Å². The molecule has 0 radical (unpaired) electrons. The van der Waals surface area contributed by atoms with Gasteiger partial charge in [-0.2, -0.15) is 18.3 Å². The Morgan fingerprint density at radius 1 is 0.794 bits per heavy atom. The number of nitrogens with zero attached hydrogens (tertiary/aromatic N) is 5. The fourth-order valence-electron chi connectivity index (χ4n) is 3.49. The number of aromatic nitrogens is 5. The van der Waals surface area contributed by atoms with Crippen molar-refractivity contribution in [1.82, 2.24) is 24.8 Å². The van der Waals surface area contributed by atoms with Gasteiger partial charge in [-0.1, -0.05) is 35.5 Å². The Morgan fingerprint density at radius 3 is 2.12 bits per heavy atom. The van der Waals surface area contributed by atoms with Crippen LogP contribution >= 0.6 is 0 Å². The van der Waals surface area contributed by atoms with Crippen molar-refractivity contribution in [2.24, 2.45) is 0 Å². The third-order valence-electron chi connectivity index (χ3n) is 5.10. The van der Waals surface area contributed by atoms with Crippen molar-refractivity contribution < 1.29 is 17.9 Å². The van der Waals surface area contributed by atoms with Gasteiger partial charge >= 0.3 is 6.18 Å². The van der Waals surface area contributed by atoms with Gasteiger partial charge in [-0.3, -0.25) is 0 Å². The molecule has 5 aromatic rings. The van der Waals surface area contributed by atoms with E-state index in [-0.39, 0.29) is 0 Å². The highest BCUT2D eigenvalue weighted by Gasteiger charge is 2.35. The van der Waals surface area contributed by atoms with Gasteiger partial charge in [0.2, 0.25) is 0 Å². The first kappa shape index (κ1) is 21.4. The van der Waals surface area contributed by atoms with Crippen molar-refractivity contribution in [3.8, 4) is 34.1 Å². The van der Waals surface area contributed by atoms with Gasteiger partial charge in [0.05, 0.1) is 23.3 Å². The topological polar surface area (TPSA) is 57.8 Å². The van der Waals surface area contributed by atoms with Crippen molar-refractivity contribution in [2.75, 3.05) is 0 Å². The number of hydrogen-bond donors (Lipinski definition) is 0. The standard InChI is InChI=1S/C25H18F3N5O/c1-17-15-24(25(26,27)28)33(30-17)20-9-7-18(8-10-20)23-16-32(31-29-23)19-11-13-22(14-12-19)34-21-5-3-2-4-6-21/h2-16H,1H3. The molecule has 0 amide bonds. The molecule has 2 heterocycles. The lowest BCUT2D eigenvalue weighted by molar-refractivity contribution is -0.142. The summed E-state index contributed by atoms with van der Waals surface area (Å²) >= 11 is 0. The summed E-state index contributed by atoms with van der Waals surface area (Å²) in [6.45, 7) is 1.53. The first-order valence-electron chi connectivity index (χ1n) is 10.4. The van der Waals surface area contributed by atoms with Gasteiger partial charge in [0, 0.05) is 5.56 Å². The van der Waals surface area contributed by atoms with E-state index in [1.54, 1.807) is 35.1 Å². The predicted octanol–water partition coefficient (Wildman–Crippen LogP) is 6.24. The second-order valence-corrected chi connectivity index (χ2v) is 7.58. The molecule has 0 atom stereocenters. The summed E-state index contributed by atoms with van der Waals surface area (Å²) in [5.41, 5.74) is 1.88. The first-order valence-corrected chi connectivity index (χ1v) is 10.4. The van der Waals surface area contributed by atoms with Crippen LogP contribution in [-0.2, 0) is 6.18 Å². The van der Waals surface area contributed by atoms with E-state index in [2.05, 4.69) is 15.4 Å². The SMILES string of the molecule is Cc1cc(C(F)(F)F)n(-c2ccc(-c3cn(-c4ccc(Oc5ccccc5)cc4)nn3)cc2)n1. The number of ether oxygens (including phenoxy) is 1. The number of alkyl halides is 3. The Bertz CT molecular complexity index is 1410. The molecule has 6 nitrogen and oxygen atoms in total. The van der Waals surface area contributed by atoms with E-state index < -0.39 is 11.9 Å². The van der Waals surface area contributed by atoms with Crippen LogP contribution in [0.15, 0.2) is 91.1 Å². The lowest BCUT2D eigenvalue weighted by Crippen LogP contribution is -2.13. The average molecular weight is 461 g/mol. The highest BCUT2D eigenvalue weighted by Crippen LogP contribution is 2.32. The zero-order valence-corrected chi connectivity index (χ0v) is 17.9. The van der Waals surface area contributed by atoms with E-state index in [1.165, 1.54) is 6.92 Å². The second-order valence-electron chi connectivity index (χ2n) is 7.58. The normalized spacial score (nSPS) is 11.5. The molecule has 170 valence electrons. The lowest BCUT2D eigenvalue weighted by atomic mass is 10.1. The maximum absolute atomic E-state index is 13.3. The summed E-state index contributed by atoms with van der Waals surface area (Å²) in [7, 11) is 0. The monoisotopic (exact) mass is 461 g/mol. The highest BCUT2D eigenvalue weighted by molar-refractivity contribution is 5.60. The second kappa shape index (κ2) is 8.51. The van der Waals surface area contributed by atoms with Crippen molar-refractivity contribution in [3.63, 3.8) is 0 Å². The maximum atomic E-state index is 13.3. The van der Waals surface area contributed by atoms with Crippen LogP contribution in [0.5, 0.6) is 11.5 Å². The summed E-state index contributed by atoms with van der Waals surface area (Å²) < 4.78 is 48.2. The molecule has 0 aliphatic heterocycles. The Kier molecular flexibility index (Phi) is 5.37. The van der Waals surface area contributed by atoms with Crippen LogP contribution < -0.4 is 4.74 Å². The van der Waals surface area contributed by atoms with E-state index >= 15 is 0 Å². The fourth-order valence-corrected chi connectivity index (χ4v) is 3.49. The molecule has 34 heavy (non-hydrogen) atoms. The van der Waals surface area contributed by atoms with Gasteiger partial charge in [-0.05, 0) is 61.5 Å². The molecule has 0 aliphatic carbocycles. The maximum Gasteiger partial charge on any atom is 0.433 e. The molecule has 0 unspecified atom stereocenters. The Morgan fingerprint density at radius 2 is 1.44 bits per heavy atom. The number of benzene rings is 3. The quantitative estimate of drug-likeness (QED) is 0.311. The Balaban J connectivity index is 1.34. The van der Waals surface area contributed by atoms with Crippen molar-refractivity contribution in [1.29, 1.82) is 0 Å². The molecule has 9 heteroatoms. The molecule has 0 bridgehead atoms. The summed E-state index contributed by atoms with van der Waals surface area (Å²) in [5.74, 6) is 1.44. The van der Waals surface area contributed by atoms with Crippen molar-refractivity contribution in [2.45, 2.75) is 13.1 Å². The number of hydrogen-bond acceptors (Lipinski definition) is 4. The van der Waals surface area contributed by atoms with Gasteiger partial charge in [-0.25, -0.2) is 9.36 Å². The third kappa shape index (κ3) is 4.40.